The van der Waals surface area contributed by atoms with Crippen LogP contribution in [-0.2, 0) is 0 Å². The first-order chi connectivity index (χ1) is 12.7. The third-order valence-corrected chi connectivity index (χ3v) is 5.49. The summed E-state index contributed by atoms with van der Waals surface area (Å²) in [6.07, 6.45) is 0. The monoisotopic (exact) mass is 377 g/mol. The fourth-order valence-corrected chi connectivity index (χ4v) is 3.96. The van der Waals surface area contributed by atoms with Gasteiger partial charge in [0.2, 0.25) is 0 Å². The smallest absolute Gasteiger partial charge is 0.0555 e. The fourth-order valence-electron chi connectivity index (χ4n) is 2.72. The van der Waals surface area contributed by atoms with E-state index in [9.17, 15) is 0 Å². The van der Waals surface area contributed by atoms with Crippen LogP contribution in [0.5, 0.6) is 0 Å². The Kier molecular flexibility index (Phi) is 6.87. The highest BCUT2D eigenvalue weighted by Gasteiger charge is 2.08. The lowest BCUT2D eigenvalue weighted by atomic mass is 10.1. The number of nitrogens with one attached hydrogen (secondary N) is 1. The van der Waals surface area contributed by atoms with Gasteiger partial charge < -0.3 is 5.32 Å². The van der Waals surface area contributed by atoms with E-state index in [0.29, 0.717) is 0 Å². The molecule has 0 aromatic heterocycles. The molecule has 1 N–H and O–H groups in total. The molecular formula is C23H23NS2. The molecule has 0 saturated heterocycles. The van der Waals surface area contributed by atoms with Crippen LogP contribution in [0.15, 0.2) is 89.8 Å². The van der Waals surface area contributed by atoms with Crippen LogP contribution in [0.2, 0.25) is 0 Å². The molecular weight excluding hydrogens is 354 g/mol. The van der Waals surface area contributed by atoms with Crippen LogP contribution in [0.25, 0.3) is 10.6 Å². The third-order valence-electron chi connectivity index (χ3n) is 4.01. The molecule has 3 rings (SSSR count). The zero-order chi connectivity index (χ0) is 18.2. The summed E-state index contributed by atoms with van der Waals surface area (Å²) in [7, 11) is 0. The molecule has 0 atom stereocenters. The van der Waals surface area contributed by atoms with Gasteiger partial charge in [-0.15, -0.1) is 24.4 Å². The molecule has 0 bridgehead atoms. The van der Waals surface area contributed by atoms with Gasteiger partial charge in [0, 0.05) is 22.1 Å². The van der Waals surface area contributed by atoms with Crippen molar-refractivity contribution in [2.45, 2.75) is 11.8 Å². The molecule has 0 unspecified atom stereocenters. The highest BCUT2D eigenvalue weighted by molar-refractivity contribution is 7.99. The Bertz CT molecular complexity index is 858. The van der Waals surface area contributed by atoms with Crippen LogP contribution in [0, 0.1) is 6.92 Å². The van der Waals surface area contributed by atoms with Crippen LogP contribution in [-0.4, -0.2) is 12.3 Å². The van der Waals surface area contributed by atoms with Crippen molar-refractivity contribution < 1.29 is 0 Å². The van der Waals surface area contributed by atoms with E-state index >= 15 is 0 Å². The van der Waals surface area contributed by atoms with Crippen LogP contribution in [0.4, 0.5) is 0 Å². The van der Waals surface area contributed by atoms with Crippen molar-refractivity contribution in [1.82, 2.24) is 5.32 Å². The molecule has 1 nitrogen and oxygen atoms in total. The first kappa shape index (κ1) is 18.7. The zero-order valence-electron chi connectivity index (χ0n) is 14.9. The van der Waals surface area contributed by atoms with Gasteiger partial charge in [-0.05, 0) is 30.2 Å². The Hall–Kier alpha value is -2.10. The van der Waals surface area contributed by atoms with E-state index in [1.807, 2.05) is 36.0 Å². The lowest BCUT2D eigenvalue weighted by molar-refractivity contribution is 0.952. The number of hydrogen-bond acceptors (Lipinski definition) is 3. The number of benzene rings is 3. The van der Waals surface area contributed by atoms with E-state index in [4.69, 9.17) is 12.6 Å². The predicted molar refractivity (Wildman–Crippen MR) is 119 cm³/mol. The molecule has 3 aromatic rings. The van der Waals surface area contributed by atoms with Crippen molar-refractivity contribution in [3.05, 3.63) is 102 Å². The maximum Gasteiger partial charge on any atom is 0.0555 e. The molecule has 0 spiro atoms. The summed E-state index contributed by atoms with van der Waals surface area (Å²) >= 11 is 6.69. The van der Waals surface area contributed by atoms with Crippen LogP contribution < -0.4 is 5.32 Å². The second kappa shape index (κ2) is 9.56. The first-order valence-corrected chi connectivity index (χ1v) is 10.1. The van der Waals surface area contributed by atoms with Crippen molar-refractivity contribution in [3.8, 4) is 0 Å². The van der Waals surface area contributed by atoms with Crippen molar-refractivity contribution in [2.24, 2.45) is 0 Å². The molecule has 3 aromatic carbocycles. The molecule has 3 heteroatoms. The molecule has 26 heavy (non-hydrogen) atoms. The molecule has 0 fully saturated rings. The Balaban J connectivity index is 1.73. The predicted octanol–water partition coefficient (Wildman–Crippen LogP) is 6.13. The van der Waals surface area contributed by atoms with Gasteiger partial charge in [-0.25, -0.2) is 0 Å². The largest absolute Gasteiger partial charge is 0.383 e. The standard InChI is InChI=1S/C23H23NS2/c1-18-9-8-14-21(17-18)26-16-15-24-22(19-10-4-2-5-11-19)23(25)20-12-6-3-7-13-20/h2-14,17,24-25H,15-16H2,1H3/b23-22-. The summed E-state index contributed by atoms with van der Waals surface area (Å²) in [5.74, 6) is 0.996. The van der Waals surface area contributed by atoms with Gasteiger partial charge in [0.1, 0.15) is 0 Å². The minimum Gasteiger partial charge on any atom is -0.383 e. The number of aryl methyl sites for hydroxylation is 1. The SMILES string of the molecule is Cc1cccc(SCCN/C(=C(\S)c2ccccc2)c2ccccc2)c1. The van der Waals surface area contributed by atoms with E-state index in [0.717, 1.165) is 34.0 Å². The van der Waals surface area contributed by atoms with Crippen molar-refractivity contribution in [1.29, 1.82) is 0 Å². The van der Waals surface area contributed by atoms with Gasteiger partial charge in [0.15, 0.2) is 0 Å². The number of hydrogen-bond donors (Lipinski definition) is 2. The van der Waals surface area contributed by atoms with E-state index in [-0.39, 0.29) is 0 Å². The fraction of sp³-hybridized carbons (Fsp3) is 0.130. The Morgan fingerprint density at radius 1 is 0.846 bits per heavy atom. The lowest BCUT2D eigenvalue weighted by Gasteiger charge is -2.15. The lowest BCUT2D eigenvalue weighted by Crippen LogP contribution is -2.16. The Morgan fingerprint density at radius 3 is 2.15 bits per heavy atom. The summed E-state index contributed by atoms with van der Waals surface area (Å²) in [5, 5.41) is 3.60. The number of thioether (sulfide) groups is 1. The normalized spacial score (nSPS) is 11.8. The minimum absolute atomic E-state index is 0.875. The van der Waals surface area contributed by atoms with Gasteiger partial charge in [0.25, 0.3) is 0 Å². The summed E-state index contributed by atoms with van der Waals surface area (Å²) < 4.78 is 0. The highest BCUT2D eigenvalue weighted by atomic mass is 32.2. The summed E-state index contributed by atoms with van der Waals surface area (Å²) in [6, 6.07) is 29.3. The Morgan fingerprint density at radius 2 is 1.50 bits per heavy atom. The first-order valence-electron chi connectivity index (χ1n) is 8.71. The zero-order valence-corrected chi connectivity index (χ0v) is 16.6. The van der Waals surface area contributed by atoms with Gasteiger partial charge in [-0.3, -0.25) is 0 Å². The topological polar surface area (TPSA) is 12.0 Å². The quantitative estimate of drug-likeness (QED) is 0.222. The molecule has 0 heterocycles. The van der Waals surface area contributed by atoms with Crippen molar-refractivity contribution in [2.75, 3.05) is 12.3 Å². The van der Waals surface area contributed by atoms with E-state index in [2.05, 4.69) is 72.9 Å². The molecule has 0 amide bonds. The molecule has 0 aliphatic heterocycles. The maximum absolute atomic E-state index is 4.82. The average molecular weight is 378 g/mol. The van der Waals surface area contributed by atoms with E-state index in [1.54, 1.807) is 0 Å². The molecule has 132 valence electrons. The van der Waals surface area contributed by atoms with Crippen molar-refractivity contribution in [3.63, 3.8) is 0 Å². The van der Waals surface area contributed by atoms with E-state index < -0.39 is 0 Å². The summed E-state index contributed by atoms with van der Waals surface area (Å²) in [4.78, 5) is 2.28. The third kappa shape index (κ3) is 5.20. The molecule has 0 saturated carbocycles. The van der Waals surface area contributed by atoms with Crippen LogP contribution in [0.3, 0.4) is 0 Å². The Labute approximate surface area is 166 Å². The maximum atomic E-state index is 4.82. The summed E-state index contributed by atoms with van der Waals surface area (Å²) in [6.45, 7) is 3.01. The van der Waals surface area contributed by atoms with Crippen LogP contribution >= 0.6 is 24.4 Å². The minimum atomic E-state index is 0.875. The van der Waals surface area contributed by atoms with Gasteiger partial charge >= 0.3 is 0 Å². The second-order valence-electron chi connectivity index (χ2n) is 6.05. The van der Waals surface area contributed by atoms with Gasteiger partial charge in [0.05, 0.1) is 5.70 Å². The second-order valence-corrected chi connectivity index (χ2v) is 7.66. The van der Waals surface area contributed by atoms with Crippen LogP contribution in [0.1, 0.15) is 16.7 Å². The number of thiol groups is 1. The molecule has 0 radical (unpaired) electrons. The summed E-state index contributed by atoms with van der Waals surface area (Å²) in [5.41, 5.74) is 4.65. The van der Waals surface area contributed by atoms with Crippen molar-refractivity contribution >= 4 is 35.0 Å². The highest BCUT2D eigenvalue weighted by Crippen LogP contribution is 2.27. The average Bonchev–Trinajstić information content (AvgIpc) is 2.69. The van der Waals surface area contributed by atoms with Gasteiger partial charge in [-0.1, -0.05) is 78.4 Å². The number of rotatable bonds is 7. The molecule has 0 aliphatic rings. The van der Waals surface area contributed by atoms with Gasteiger partial charge in [-0.2, -0.15) is 0 Å². The molecule has 0 aliphatic carbocycles. The van der Waals surface area contributed by atoms with E-state index in [1.165, 1.54) is 10.5 Å².